The largest absolute Gasteiger partial charge is 0.361 e. The van der Waals surface area contributed by atoms with Crippen LogP contribution in [0.2, 0.25) is 0 Å². The Hall–Kier alpha value is -3.45. The van der Waals surface area contributed by atoms with Gasteiger partial charge in [0.25, 0.3) is 0 Å². The highest BCUT2D eigenvalue weighted by Crippen LogP contribution is 2.31. The van der Waals surface area contributed by atoms with Gasteiger partial charge in [-0.25, -0.2) is 9.37 Å². The van der Waals surface area contributed by atoms with Crippen LogP contribution >= 0.6 is 11.3 Å². The van der Waals surface area contributed by atoms with Crippen LogP contribution in [0.15, 0.2) is 66.3 Å². The van der Waals surface area contributed by atoms with Crippen LogP contribution in [0.4, 0.5) is 10.2 Å². The van der Waals surface area contributed by atoms with Gasteiger partial charge in [-0.3, -0.25) is 9.20 Å². The highest BCUT2D eigenvalue weighted by atomic mass is 32.1. The number of para-hydroxylation sites is 1. The Morgan fingerprint density at radius 2 is 2.00 bits per heavy atom. The number of imidazole rings is 1. The van der Waals surface area contributed by atoms with E-state index in [9.17, 15) is 9.18 Å². The molecule has 3 heterocycles. The van der Waals surface area contributed by atoms with Crippen molar-refractivity contribution in [3.05, 3.63) is 77.7 Å². The summed E-state index contributed by atoms with van der Waals surface area (Å²) in [6, 6.07) is 14.2. The van der Waals surface area contributed by atoms with Crippen LogP contribution in [-0.4, -0.2) is 20.3 Å². The van der Waals surface area contributed by atoms with Crippen LogP contribution in [0.25, 0.3) is 27.1 Å². The summed E-state index contributed by atoms with van der Waals surface area (Å²) in [7, 11) is 0. The number of amides is 1. The molecule has 0 atom stereocenters. The molecule has 2 N–H and O–H groups in total. The Balaban J connectivity index is 1.39. The molecule has 0 aliphatic heterocycles. The number of carbonyl (C=O) groups excluding carboxylic acids is 1. The van der Waals surface area contributed by atoms with E-state index in [2.05, 4.69) is 21.4 Å². The number of rotatable bonds is 5. The van der Waals surface area contributed by atoms with Crippen LogP contribution in [0.1, 0.15) is 12.0 Å². The van der Waals surface area contributed by atoms with E-state index in [1.54, 1.807) is 12.1 Å². The lowest BCUT2D eigenvalue weighted by Gasteiger charge is -2.07. The third-order valence-electron chi connectivity index (χ3n) is 4.93. The summed E-state index contributed by atoms with van der Waals surface area (Å²) in [6.07, 6.45) is 4.81. The second-order valence-electron chi connectivity index (χ2n) is 6.78. The topological polar surface area (TPSA) is 62.2 Å². The Labute approximate surface area is 169 Å². The van der Waals surface area contributed by atoms with Crippen LogP contribution in [0.3, 0.4) is 0 Å². The van der Waals surface area contributed by atoms with E-state index in [-0.39, 0.29) is 11.7 Å². The Kier molecular flexibility index (Phi) is 4.37. The summed E-state index contributed by atoms with van der Waals surface area (Å²) in [4.78, 5) is 21.4. The maximum atomic E-state index is 13.3. The number of nitrogens with one attached hydrogen (secondary N) is 2. The zero-order chi connectivity index (χ0) is 19.8. The number of hydrogen-bond acceptors (Lipinski definition) is 3. The average molecular weight is 404 g/mol. The maximum absolute atomic E-state index is 13.3. The molecule has 0 unspecified atom stereocenters. The van der Waals surface area contributed by atoms with Crippen molar-refractivity contribution in [3.8, 4) is 11.3 Å². The van der Waals surface area contributed by atoms with Gasteiger partial charge in [-0.1, -0.05) is 18.2 Å². The van der Waals surface area contributed by atoms with Gasteiger partial charge in [0.05, 0.1) is 0 Å². The fourth-order valence-electron chi connectivity index (χ4n) is 3.50. The first-order valence-electron chi connectivity index (χ1n) is 9.25. The van der Waals surface area contributed by atoms with Gasteiger partial charge in [-0.2, -0.15) is 0 Å². The standard InChI is InChI=1S/C22H17FN4OS/c23-16-8-5-14(6-9-16)20-21(27-11-12-29-22(27)26-20)25-19(28)10-7-15-13-24-18-4-2-1-3-17(15)18/h1-6,8-9,11-13,24H,7,10H2,(H,25,28). The van der Waals surface area contributed by atoms with E-state index in [1.165, 1.54) is 23.5 Å². The number of thiazole rings is 1. The minimum absolute atomic E-state index is 0.0911. The lowest BCUT2D eigenvalue weighted by atomic mass is 10.1. The molecule has 0 aliphatic carbocycles. The second kappa shape index (κ2) is 7.18. The summed E-state index contributed by atoms with van der Waals surface area (Å²) in [5.41, 5.74) is 3.58. The summed E-state index contributed by atoms with van der Waals surface area (Å²) in [5.74, 6) is 0.211. The van der Waals surface area contributed by atoms with Crippen molar-refractivity contribution in [2.24, 2.45) is 0 Å². The first kappa shape index (κ1) is 17.6. The normalized spacial score (nSPS) is 11.3. The number of anilines is 1. The molecular formula is C22H17FN4OS. The molecule has 3 aromatic heterocycles. The van der Waals surface area contributed by atoms with Gasteiger partial charge in [0, 0.05) is 40.7 Å². The monoisotopic (exact) mass is 404 g/mol. The van der Waals surface area contributed by atoms with E-state index in [0.29, 0.717) is 24.4 Å². The average Bonchev–Trinajstić information content (AvgIpc) is 3.43. The Morgan fingerprint density at radius 1 is 1.17 bits per heavy atom. The van der Waals surface area contributed by atoms with E-state index in [1.807, 2.05) is 40.4 Å². The fraction of sp³-hybridized carbons (Fsp3) is 0.0909. The van der Waals surface area contributed by atoms with E-state index >= 15 is 0 Å². The first-order valence-corrected chi connectivity index (χ1v) is 10.1. The van der Waals surface area contributed by atoms with Crippen LogP contribution in [-0.2, 0) is 11.2 Å². The molecule has 0 radical (unpaired) electrons. The molecule has 5 rings (SSSR count). The van der Waals surface area contributed by atoms with Crippen molar-refractivity contribution < 1.29 is 9.18 Å². The van der Waals surface area contributed by atoms with Crippen LogP contribution in [0, 0.1) is 5.82 Å². The molecule has 29 heavy (non-hydrogen) atoms. The summed E-state index contributed by atoms with van der Waals surface area (Å²) < 4.78 is 15.2. The van der Waals surface area contributed by atoms with Crippen LogP contribution < -0.4 is 5.32 Å². The predicted molar refractivity (Wildman–Crippen MR) is 114 cm³/mol. The lowest BCUT2D eigenvalue weighted by molar-refractivity contribution is -0.116. The van der Waals surface area contributed by atoms with Gasteiger partial charge >= 0.3 is 0 Å². The van der Waals surface area contributed by atoms with Crippen molar-refractivity contribution in [2.45, 2.75) is 12.8 Å². The molecule has 0 aliphatic rings. The third kappa shape index (κ3) is 3.30. The van der Waals surface area contributed by atoms with Crippen molar-refractivity contribution in [2.75, 3.05) is 5.32 Å². The first-order chi connectivity index (χ1) is 14.2. The van der Waals surface area contributed by atoms with Gasteiger partial charge in [0.2, 0.25) is 5.91 Å². The smallest absolute Gasteiger partial charge is 0.225 e. The second-order valence-corrected chi connectivity index (χ2v) is 7.65. The van der Waals surface area contributed by atoms with Crippen LogP contribution in [0.5, 0.6) is 0 Å². The number of carbonyl (C=O) groups is 1. The number of aromatic amines is 1. The number of aromatic nitrogens is 3. The summed E-state index contributed by atoms with van der Waals surface area (Å²) in [5, 5.41) is 6.06. The van der Waals surface area contributed by atoms with Gasteiger partial charge in [-0.05, 0) is 42.3 Å². The fourth-order valence-corrected chi connectivity index (χ4v) is 4.21. The van der Waals surface area contributed by atoms with Crippen molar-refractivity contribution in [3.63, 3.8) is 0 Å². The van der Waals surface area contributed by atoms with E-state index in [4.69, 9.17) is 0 Å². The molecule has 0 fully saturated rings. The molecule has 0 saturated carbocycles. The molecule has 0 bridgehead atoms. The molecule has 2 aromatic carbocycles. The lowest BCUT2D eigenvalue weighted by Crippen LogP contribution is -2.14. The number of H-pyrrole nitrogens is 1. The number of halogens is 1. The highest BCUT2D eigenvalue weighted by Gasteiger charge is 2.17. The zero-order valence-electron chi connectivity index (χ0n) is 15.4. The SMILES string of the molecule is O=C(CCc1c[nH]c2ccccc12)Nc1c(-c2ccc(F)cc2)nc2sccn12. The minimum atomic E-state index is -0.306. The molecule has 5 aromatic rings. The Bertz CT molecular complexity index is 1320. The summed E-state index contributed by atoms with van der Waals surface area (Å²) in [6.45, 7) is 0. The molecule has 7 heteroatoms. The molecule has 5 nitrogen and oxygen atoms in total. The highest BCUT2D eigenvalue weighted by molar-refractivity contribution is 7.15. The quantitative estimate of drug-likeness (QED) is 0.420. The number of nitrogens with zero attached hydrogens (tertiary/aromatic N) is 2. The predicted octanol–water partition coefficient (Wildman–Crippen LogP) is 5.25. The Morgan fingerprint density at radius 3 is 2.86 bits per heavy atom. The molecule has 144 valence electrons. The maximum Gasteiger partial charge on any atom is 0.225 e. The number of fused-ring (bicyclic) bond motifs is 2. The molecule has 0 spiro atoms. The molecular weight excluding hydrogens is 387 g/mol. The molecule has 0 saturated heterocycles. The summed E-state index contributed by atoms with van der Waals surface area (Å²) >= 11 is 1.48. The van der Waals surface area contributed by atoms with Crippen molar-refractivity contribution >= 4 is 38.9 Å². The number of aryl methyl sites for hydroxylation is 1. The van der Waals surface area contributed by atoms with Gasteiger partial charge in [0.1, 0.15) is 17.3 Å². The van der Waals surface area contributed by atoms with Crippen molar-refractivity contribution in [1.82, 2.24) is 14.4 Å². The van der Waals surface area contributed by atoms with Gasteiger partial charge in [0.15, 0.2) is 4.96 Å². The van der Waals surface area contributed by atoms with E-state index < -0.39 is 0 Å². The van der Waals surface area contributed by atoms with Crippen molar-refractivity contribution in [1.29, 1.82) is 0 Å². The van der Waals surface area contributed by atoms with E-state index in [0.717, 1.165) is 27.0 Å². The minimum Gasteiger partial charge on any atom is -0.361 e. The van der Waals surface area contributed by atoms with Gasteiger partial charge < -0.3 is 10.3 Å². The number of hydrogen-bond donors (Lipinski definition) is 2. The molecule has 1 amide bonds. The third-order valence-corrected chi connectivity index (χ3v) is 5.69. The number of benzene rings is 2. The zero-order valence-corrected chi connectivity index (χ0v) is 16.2. The van der Waals surface area contributed by atoms with Gasteiger partial charge in [-0.15, -0.1) is 11.3 Å².